The molecule has 0 aromatic heterocycles. The van der Waals surface area contributed by atoms with E-state index in [0.717, 1.165) is 16.9 Å². The van der Waals surface area contributed by atoms with Crippen LogP contribution in [0.1, 0.15) is 17.5 Å². The minimum absolute atomic E-state index is 0.236. The third-order valence-corrected chi connectivity index (χ3v) is 3.47. The first-order valence-electron chi connectivity index (χ1n) is 6.34. The van der Waals surface area contributed by atoms with Gasteiger partial charge in [-0.15, -0.1) is 0 Å². The highest BCUT2D eigenvalue weighted by Gasteiger charge is 2.43. The van der Waals surface area contributed by atoms with Crippen molar-refractivity contribution < 1.29 is 23.7 Å². The Morgan fingerprint density at radius 3 is 2.84 bits per heavy atom. The third-order valence-electron chi connectivity index (χ3n) is 3.47. The fourth-order valence-corrected chi connectivity index (χ4v) is 2.53. The molecule has 0 amide bonds. The van der Waals surface area contributed by atoms with E-state index in [1.165, 1.54) is 7.11 Å². The fraction of sp³-hybridized carbons (Fsp3) is 0.500. The molecule has 0 saturated carbocycles. The van der Waals surface area contributed by atoms with Gasteiger partial charge in [-0.2, -0.15) is 0 Å². The van der Waals surface area contributed by atoms with E-state index in [9.17, 15) is 4.79 Å². The summed E-state index contributed by atoms with van der Waals surface area (Å²) in [5, 5.41) is 0. The number of ether oxygens (including phenoxy) is 4. The summed E-state index contributed by atoms with van der Waals surface area (Å²) < 4.78 is 21.9. The summed E-state index contributed by atoms with van der Waals surface area (Å²) in [6.45, 7) is 1.74. The normalized spacial score (nSPS) is 19.8. The van der Waals surface area contributed by atoms with Crippen molar-refractivity contribution in [3.63, 3.8) is 0 Å². The summed E-state index contributed by atoms with van der Waals surface area (Å²) in [6.07, 6.45) is 0.904. The van der Waals surface area contributed by atoms with Gasteiger partial charge in [-0.1, -0.05) is 6.07 Å². The van der Waals surface area contributed by atoms with Gasteiger partial charge in [-0.05, 0) is 17.7 Å². The zero-order valence-electron chi connectivity index (χ0n) is 10.8. The lowest BCUT2D eigenvalue weighted by atomic mass is 9.96. The van der Waals surface area contributed by atoms with Gasteiger partial charge in [0.2, 0.25) is 5.79 Å². The van der Waals surface area contributed by atoms with E-state index in [2.05, 4.69) is 4.74 Å². The second kappa shape index (κ2) is 4.83. The maximum atomic E-state index is 11.3. The fourth-order valence-electron chi connectivity index (χ4n) is 2.53. The van der Waals surface area contributed by atoms with E-state index < -0.39 is 5.79 Å². The number of benzene rings is 1. The summed E-state index contributed by atoms with van der Waals surface area (Å²) in [6, 6.07) is 5.64. The van der Waals surface area contributed by atoms with Crippen LogP contribution in [0.2, 0.25) is 0 Å². The monoisotopic (exact) mass is 264 g/mol. The van der Waals surface area contributed by atoms with Crippen molar-refractivity contribution in [1.82, 2.24) is 0 Å². The van der Waals surface area contributed by atoms with Gasteiger partial charge in [0.1, 0.15) is 5.75 Å². The molecule has 102 valence electrons. The molecule has 1 spiro atoms. The molecule has 0 bridgehead atoms. The molecule has 1 aromatic carbocycles. The van der Waals surface area contributed by atoms with Gasteiger partial charge in [0, 0.05) is 6.42 Å². The van der Waals surface area contributed by atoms with E-state index in [-0.39, 0.29) is 12.4 Å². The molecular weight excluding hydrogens is 248 g/mol. The van der Waals surface area contributed by atoms with E-state index in [1.807, 2.05) is 18.2 Å². The molecule has 5 nitrogen and oxygen atoms in total. The van der Waals surface area contributed by atoms with Gasteiger partial charge in [-0.25, -0.2) is 0 Å². The number of hydrogen-bond acceptors (Lipinski definition) is 5. The Bertz CT molecular complexity index is 491. The van der Waals surface area contributed by atoms with Gasteiger partial charge in [0.25, 0.3) is 0 Å². The average Bonchev–Trinajstić information content (AvgIpc) is 2.89. The van der Waals surface area contributed by atoms with E-state index in [4.69, 9.17) is 14.2 Å². The molecule has 1 saturated heterocycles. The second-order valence-electron chi connectivity index (χ2n) is 4.63. The smallest absolute Gasteiger partial charge is 0.309 e. The molecule has 0 atom stereocenters. The highest BCUT2D eigenvalue weighted by Crippen LogP contribution is 2.43. The van der Waals surface area contributed by atoms with Crippen molar-refractivity contribution in [2.75, 3.05) is 26.9 Å². The number of carbonyl (C=O) groups is 1. The van der Waals surface area contributed by atoms with E-state index >= 15 is 0 Å². The van der Waals surface area contributed by atoms with Crippen LogP contribution in [0.25, 0.3) is 0 Å². The largest absolute Gasteiger partial charge is 0.493 e. The molecule has 2 aliphatic rings. The molecule has 19 heavy (non-hydrogen) atoms. The predicted octanol–water partition coefficient (Wildman–Crippen LogP) is 1.38. The molecule has 2 heterocycles. The Morgan fingerprint density at radius 1 is 1.32 bits per heavy atom. The van der Waals surface area contributed by atoms with Crippen LogP contribution in [0.5, 0.6) is 5.75 Å². The Morgan fingerprint density at radius 2 is 2.11 bits per heavy atom. The Labute approximate surface area is 111 Å². The number of fused-ring (bicyclic) bond motifs is 2. The topological polar surface area (TPSA) is 54.0 Å². The second-order valence-corrected chi connectivity index (χ2v) is 4.63. The molecule has 3 rings (SSSR count). The van der Waals surface area contributed by atoms with Crippen LogP contribution in [-0.4, -0.2) is 32.9 Å². The zero-order valence-corrected chi connectivity index (χ0v) is 10.8. The van der Waals surface area contributed by atoms with Crippen LogP contribution in [0.3, 0.4) is 0 Å². The summed E-state index contributed by atoms with van der Waals surface area (Å²) in [5.41, 5.74) is 1.74. The number of rotatable bonds is 2. The Kier molecular flexibility index (Phi) is 3.16. The quantitative estimate of drug-likeness (QED) is 0.755. The average molecular weight is 264 g/mol. The molecule has 0 radical (unpaired) electrons. The minimum Gasteiger partial charge on any atom is -0.493 e. The maximum absolute atomic E-state index is 11.3. The standard InChI is InChI=1S/C14H16O5/c1-16-13(15)9-10-2-3-12-11(8-10)14(4-5-17-12)18-6-7-19-14/h2-3,8H,4-7,9H2,1H3. The van der Waals surface area contributed by atoms with Gasteiger partial charge in [0.05, 0.1) is 38.9 Å². The number of carbonyl (C=O) groups excluding carboxylic acids is 1. The summed E-state index contributed by atoms with van der Waals surface area (Å²) in [5.74, 6) is -0.194. The van der Waals surface area contributed by atoms with Crippen molar-refractivity contribution in [1.29, 1.82) is 0 Å². The number of hydrogen-bond donors (Lipinski definition) is 0. The first kappa shape index (κ1) is 12.4. The summed E-state index contributed by atoms with van der Waals surface area (Å²) >= 11 is 0. The van der Waals surface area contributed by atoms with Crippen molar-refractivity contribution in [3.8, 4) is 5.75 Å². The lowest BCUT2D eigenvalue weighted by Crippen LogP contribution is -2.34. The Balaban J connectivity index is 1.95. The summed E-state index contributed by atoms with van der Waals surface area (Å²) in [4.78, 5) is 11.3. The van der Waals surface area contributed by atoms with Crippen molar-refractivity contribution in [3.05, 3.63) is 29.3 Å². The van der Waals surface area contributed by atoms with Crippen molar-refractivity contribution >= 4 is 5.97 Å². The van der Waals surface area contributed by atoms with Gasteiger partial charge in [0.15, 0.2) is 0 Å². The van der Waals surface area contributed by atoms with Crippen LogP contribution >= 0.6 is 0 Å². The maximum Gasteiger partial charge on any atom is 0.309 e. The van der Waals surface area contributed by atoms with Crippen molar-refractivity contribution in [2.45, 2.75) is 18.6 Å². The van der Waals surface area contributed by atoms with Crippen LogP contribution in [0, 0.1) is 0 Å². The molecule has 0 unspecified atom stereocenters. The lowest BCUT2D eigenvalue weighted by molar-refractivity contribution is -0.183. The minimum atomic E-state index is -0.695. The van der Waals surface area contributed by atoms with Gasteiger partial charge in [-0.3, -0.25) is 4.79 Å². The molecular formula is C14H16O5. The molecule has 1 aromatic rings. The van der Waals surface area contributed by atoms with Crippen LogP contribution < -0.4 is 4.74 Å². The Hall–Kier alpha value is -1.59. The highest BCUT2D eigenvalue weighted by atomic mass is 16.7. The lowest BCUT2D eigenvalue weighted by Gasteiger charge is -2.33. The first-order chi connectivity index (χ1) is 9.23. The number of methoxy groups -OCH3 is 1. The molecule has 0 aliphatic carbocycles. The van der Waals surface area contributed by atoms with Crippen LogP contribution in [0.4, 0.5) is 0 Å². The highest BCUT2D eigenvalue weighted by molar-refractivity contribution is 5.72. The SMILES string of the molecule is COC(=O)Cc1ccc2c(c1)C1(CCO2)OCCO1. The first-order valence-corrected chi connectivity index (χ1v) is 6.34. The van der Waals surface area contributed by atoms with Crippen LogP contribution in [-0.2, 0) is 31.2 Å². The van der Waals surface area contributed by atoms with E-state index in [0.29, 0.717) is 26.2 Å². The number of esters is 1. The molecule has 0 N–H and O–H groups in total. The van der Waals surface area contributed by atoms with Crippen molar-refractivity contribution in [2.24, 2.45) is 0 Å². The van der Waals surface area contributed by atoms with Gasteiger partial charge < -0.3 is 18.9 Å². The third kappa shape index (κ3) is 2.19. The zero-order chi connectivity index (χ0) is 13.3. The predicted molar refractivity (Wildman–Crippen MR) is 65.9 cm³/mol. The van der Waals surface area contributed by atoms with Gasteiger partial charge >= 0.3 is 5.97 Å². The molecule has 1 fully saturated rings. The summed E-state index contributed by atoms with van der Waals surface area (Å²) in [7, 11) is 1.38. The van der Waals surface area contributed by atoms with E-state index in [1.54, 1.807) is 0 Å². The molecule has 2 aliphatic heterocycles. The molecule has 5 heteroatoms. The van der Waals surface area contributed by atoms with Crippen LogP contribution in [0.15, 0.2) is 18.2 Å².